The molecule has 0 bridgehead atoms. The Morgan fingerprint density at radius 1 is 1.17 bits per heavy atom. The number of hydrogen-bond acceptors (Lipinski definition) is 4. The van der Waals surface area contributed by atoms with Crippen molar-refractivity contribution in [2.24, 2.45) is 7.05 Å². The van der Waals surface area contributed by atoms with Gasteiger partial charge in [0.25, 0.3) is 0 Å². The molecule has 4 rings (SSSR count). The van der Waals surface area contributed by atoms with E-state index in [2.05, 4.69) is 26.7 Å². The van der Waals surface area contributed by atoms with Gasteiger partial charge in [-0.3, -0.25) is 14.1 Å². The van der Waals surface area contributed by atoms with Crippen LogP contribution in [0, 0.1) is 6.92 Å². The summed E-state index contributed by atoms with van der Waals surface area (Å²) in [7, 11) is 1.96. The Bertz CT molecular complexity index is 825. The monoisotopic (exact) mass is 310 g/mol. The standard InChI is InChI=1S/C17H22N6/c1-12-14(10-19-22(12)2)16-17(20-13-6-4-3-5-7-13)23-9-8-18-11-15(23)21-16/h8-11,13,20H,3-7H2,1-2H3. The summed E-state index contributed by atoms with van der Waals surface area (Å²) < 4.78 is 3.99. The Morgan fingerprint density at radius 2 is 2.00 bits per heavy atom. The Kier molecular flexibility index (Phi) is 3.52. The van der Waals surface area contributed by atoms with E-state index < -0.39 is 0 Å². The maximum absolute atomic E-state index is 4.81. The van der Waals surface area contributed by atoms with Gasteiger partial charge in [-0.05, 0) is 19.8 Å². The first kappa shape index (κ1) is 14.2. The molecule has 6 nitrogen and oxygen atoms in total. The molecule has 1 aliphatic carbocycles. The highest BCUT2D eigenvalue weighted by Crippen LogP contribution is 2.32. The number of nitrogens with zero attached hydrogens (tertiary/aromatic N) is 5. The molecule has 0 radical (unpaired) electrons. The van der Waals surface area contributed by atoms with Gasteiger partial charge in [-0.2, -0.15) is 5.10 Å². The van der Waals surface area contributed by atoms with Crippen LogP contribution in [0.4, 0.5) is 5.82 Å². The minimum absolute atomic E-state index is 0.521. The number of aryl methyl sites for hydroxylation is 1. The second-order valence-electron chi connectivity index (χ2n) is 6.36. The van der Waals surface area contributed by atoms with Gasteiger partial charge in [0.2, 0.25) is 0 Å². The summed E-state index contributed by atoms with van der Waals surface area (Å²) in [5, 5.41) is 8.12. The van der Waals surface area contributed by atoms with E-state index in [1.54, 1.807) is 12.4 Å². The molecule has 120 valence electrons. The quantitative estimate of drug-likeness (QED) is 0.807. The van der Waals surface area contributed by atoms with Gasteiger partial charge < -0.3 is 5.32 Å². The molecule has 0 aromatic carbocycles. The zero-order chi connectivity index (χ0) is 15.8. The molecule has 3 heterocycles. The van der Waals surface area contributed by atoms with E-state index in [1.807, 2.05) is 24.1 Å². The van der Waals surface area contributed by atoms with E-state index in [1.165, 1.54) is 32.1 Å². The second kappa shape index (κ2) is 5.68. The van der Waals surface area contributed by atoms with Gasteiger partial charge in [-0.1, -0.05) is 19.3 Å². The molecule has 1 fully saturated rings. The largest absolute Gasteiger partial charge is 0.367 e. The van der Waals surface area contributed by atoms with Crippen molar-refractivity contribution in [3.63, 3.8) is 0 Å². The van der Waals surface area contributed by atoms with E-state index in [4.69, 9.17) is 4.98 Å². The predicted molar refractivity (Wildman–Crippen MR) is 90.4 cm³/mol. The van der Waals surface area contributed by atoms with Crippen molar-refractivity contribution in [1.29, 1.82) is 0 Å². The van der Waals surface area contributed by atoms with Crippen LogP contribution in [0.2, 0.25) is 0 Å². The zero-order valence-electron chi connectivity index (χ0n) is 13.7. The number of fused-ring (bicyclic) bond motifs is 1. The predicted octanol–water partition coefficient (Wildman–Crippen LogP) is 3.18. The van der Waals surface area contributed by atoms with Gasteiger partial charge in [0, 0.05) is 36.7 Å². The van der Waals surface area contributed by atoms with Crippen molar-refractivity contribution >= 4 is 11.5 Å². The number of rotatable bonds is 3. The minimum Gasteiger partial charge on any atom is -0.367 e. The molecule has 0 unspecified atom stereocenters. The smallest absolute Gasteiger partial charge is 0.157 e. The lowest BCUT2D eigenvalue weighted by Gasteiger charge is -2.24. The highest BCUT2D eigenvalue weighted by atomic mass is 15.3. The van der Waals surface area contributed by atoms with Gasteiger partial charge >= 0.3 is 0 Å². The zero-order valence-corrected chi connectivity index (χ0v) is 13.7. The first-order valence-corrected chi connectivity index (χ1v) is 8.31. The molecular weight excluding hydrogens is 288 g/mol. The lowest BCUT2D eigenvalue weighted by molar-refractivity contribution is 0.461. The first-order valence-electron chi connectivity index (χ1n) is 8.31. The summed E-state index contributed by atoms with van der Waals surface area (Å²) in [5.41, 5.74) is 4.03. The van der Waals surface area contributed by atoms with Crippen molar-refractivity contribution in [1.82, 2.24) is 24.1 Å². The summed E-state index contributed by atoms with van der Waals surface area (Å²) in [6.07, 6.45) is 13.9. The van der Waals surface area contributed by atoms with Crippen LogP contribution in [-0.2, 0) is 7.05 Å². The summed E-state index contributed by atoms with van der Waals surface area (Å²) in [4.78, 5) is 9.01. The molecular formula is C17H22N6. The number of nitrogens with one attached hydrogen (secondary N) is 1. The lowest BCUT2D eigenvalue weighted by Crippen LogP contribution is -2.23. The molecule has 1 N–H and O–H groups in total. The van der Waals surface area contributed by atoms with Gasteiger partial charge in [0.15, 0.2) is 5.65 Å². The number of imidazole rings is 1. The number of aromatic nitrogens is 5. The average molecular weight is 310 g/mol. The summed E-state index contributed by atoms with van der Waals surface area (Å²) in [6, 6.07) is 0.521. The van der Waals surface area contributed by atoms with E-state index >= 15 is 0 Å². The fourth-order valence-electron chi connectivity index (χ4n) is 3.40. The van der Waals surface area contributed by atoms with E-state index in [9.17, 15) is 0 Å². The minimum atomic E-state index is 0.521. The van der Waals surface area contributed by atoms with E-state index in [-0.39, 0.29) is 0 Å². The second-order valence-corrected chi connectivity index (χ2v) is 6.36. The van der Waals surface area contributed by atoms with Crippen LogP contribution in [0.5, 0.6) is 0 Å². The average Bonchev–Trinajstić information content (AvgIpc) is 3.10. The summed E-state index contributed by atoms with van der Waals surface area (Å²) in [6.45, 7) is 2.08. The normalized spacial score (nSPS) is 16.1. The van der Waals surface area contributed by atoms with Crippen molar-refractivity contribution in [3.05, 3.63) is 30.5 Å². The highest BCUT2D eigenvalue weighted by Gasteiger charge is 2.21. The van der Waals surface area contributed by atoms with Gasteiger partial charge in [0.1, 0.15) is 11.5 Å². The van der Waals surface area contributed by atoms with Crippen LogP contribution in [0.1, 0.15) is 37.8 Å². The number of anilines is 1. The molecule has 1 saturated carbocycles. The molecule has 1 aliphatic rings. The highest BCUT2D eigenvalue weighted by molar-refractivity contribution is 5.77. The fraction of sp³-hybridized carbons (Fsp3) is 0.471. The van der Waals surface area contributed by atoms with Gasteiger partial charge in [0.05, 0.1) is 12.4 Å². The molecule has 0 spiro atoms. The molecule has 6 heteroatoms. The van der Waals surface area contributed by atoms with Crippen molar-refractivity contribution in [2.75, 3.05) is 5.32 Å². The fourth-order valence-corrected chi connectivity index (χ4v) is 3.40. The molecule has 3 aromatic rings. The molecule has 0 atom stereocenters. The van der Waals surface area contributed by atoms with Crippen molar-refractivity contribution in [2.45, 2.75) is 45.1 Å². The summed E-state index contributed by atoms with van der Waals surface area (Å²) >= 11 is 0. The molecule has 23 heavy (non-hydrogen) atoms. The van der Waals surface area contributed by atoms with Crippen LogP contribution >= 0.6 is 0 Å². The molecule has 0 amide bonds. The molecule has 3 aromatic heterocycles. The molecule has 0 saturated heterocycles. The Morgan fingerprint density at radius 3 is 2.74 bits per heavy atom. The third-order valence-electron chi connectivity index (χ3n) is 4.87. The van der Waals surface area contributed by atoms with Gasteiger partial charge in [-0.15, -0.1) is 0 Å². The van der Waals surface area contributed by atoms with Crippen LogP contribution < -0.4 is 5.32 Å². The van der Waals surface area contributed by atoms with E-state index in [0.717, 1.165) is 28.4 Å². The Hall–Kier alpha value is -2.37. The summed E-state index contributed by atoms with van der Waals surface area (Å²) in [5.74, 6) is 1.06. The van der Waals surface area contributed by atoms with Gasteiger partial charge in [-0.25, -0.2) is 4.98 Å². The third-order valence-corrected chi connectivity index (χ3v) is 4.87. The number of hydrogen-bond donors (Lipinski definition) is 1. The lowest BCUT2D eigenvalue weighted by atomic mass is 9.95. The SMILES string of the molecule is Cc1c(-c2nc3cnccn3c2NC2CCCCC2)cnn1C. The van der Waals surface area contributed by atoms with Crippen LogP contribution in [-0.4, -0.2) is 30.2 Å². The van der Waals surface area contributed by atoms with E-state index in [0.29, 0.717) is 6.04 Å². The van der Waals surface area contributed by atoms with Crippen LogP contribution in [0.15, 0.2) is 24.8 Å². The Labute approximate surface area is 135 Å². The maximum atomic E-state index is 4.81. The maximum Gasteiger partial charge on any atom is 0.157 e. The topological polar surface area (TPSA) is 60.0 Å². The first-order chi connectivity index (χ1) is 11.2. The van der Waals surface area contributed by atoms with Crippen molar-refractivity contribution in [3.8, 4) is 11.3 Å². The third kappa shape index (κ3) is 2.48. The van der Waals surface area contributed by atoms with Crippen LogP contribution in [0.3, 0.4) is 0 Å². The van der Waals surface area contributed by atoms with Crippen molar-refractivity contribution < 1.29 is 0 Å². The van der Waals surface area contributed by atoms with Crippen LogP contribution in [0.25, 0.3) is 16.9 Å². The molecule has 0 aliphatic heterocycles. The Balaban J connectivity index is 1.82.